The summed E-state index contributed by atoms with van der Waals surface area (Å²) in [6.07, 6.45) is -0.261. The number of aliphatic carboxylic acids is 1. The van der Waals surface area contributed by atoms with Crippen molar-refractivity contribution >= 4 is 12.1 Å². The lowest BCUT2D eigenvalue weighted by molar-refractivity contribution is -0.137. The van der Waals surface area contributed by atoms with Crippen LogP contribution in [0.3, 0.4) is 0 Å². The minimum absolute atomic E-state index is 0.0142. The molecule has 0 saturated heterocycles. The maximum absolute atomic E-state index is 10.7. The van der Waals surface area contributed by atoms with Crippen LogP contribution in [0.15, 0.2) is 0 Å². The molecule has 76 valence electrons. The van der Waals surface area contributed by atoms with E-state index in [0.29, 0.717) is 6.42 Å². The Morgan fingerprint density at radius 1 is 1.38 bits per heavy atom. The number of carbonyl (C=O) groups is 2. The van der Waals surface area contributed by atoms with Gasteiger partial charge in [-0.1, -0.05) is 0 Å². The van der Waals surface area contributed by atoms with Gasteiger partial charge in [-0.25, -0.2) is 4.79 Å². The molecule has 0 aliphatic rings. The normalized spacial score (nSPS) is 9.31. The van der Waals surface area contributed by atoms with E-state index in [0.717, 1.165) is 0 Å². The Kier molecular flexibility index (Phi) is 6.62. The lowest BCUT2D eigenvalue weighted by Gasteiger charge is -2.03. The van der Waals surface area contributed by atoms with Crippen molar-refractivity contribution in [2.24, 2.45) is 0 Å². The highest BCUT2D eigenvalue weighted by Gasteiger charge is 2.01. The second-order valence-corrected chi connectivity index (χ2v) is 2.28. The fourth-order valence-electron chi connectivity index (χ4n) is 0.619. The maximum Gasteiger partial charge on any atom is 0.407 e. The fourth-order valence-corrected chi connectivity index (χ4v) is 0.619. The third-order valence-electron chi connectivity index (χ3n) is 1.16. The Bertz CT molecular complexity index is 170. The molecule has 0 heterocycles. The second-order valence-electron chi connectivity index (χ2n) is 2.28. The summed E-state index contributed by atoms with van der Waals surface area (Å²) in [5, 5.41) is 18.9. The molecule has 0 aromatic carbocycles. The number of hydrogen-bond donors (Lipinski definition) is 3. The first-order valence-corrected chi connectivity index (χ1v) is 3.90. The van der Waals surface area contributed by atoms with Crippen LogP contribution in [0.4, 0.5) is 4.79 Å². The molecule has 0 aliphatic carbocycles. The molecular weight excluding hydrogens is 178 g/mol. The number of hydrogen-bond acceptors (Lipinski definition) is 4. The van der Waals surface area contributed by atoms with Crippen LogP contribution in [0.5, 0.6) is 0 Å². The van der Waals surface area contributed by atoms with Gasteiger partial charge in [-0.3, -0.25) is 4.79 Å². The molecule has 1 amide bonds. The van der Waals surface area contributed by atoms with Crippen molar-refractivity contribution in [1.29, 1.82) is 0 Å². The number of alkyl carbamates (subject to hydrolysis) is 1. The number of nitrogens with one attached hydrogen (secondary N) is 1. The van der Waals surface area contributed by atoms with E-state index in [1.165, 1.54) is 0 Å². The van der Waals surface area contributed by atoms with Crippen molar-refractivity contribution in [1.82, 2.24) is 5.32 Å². The zero-order valence-electron chi connectivity index (χ0n) is 7.15. The average molecular weight is 191 g/mol. The average Bonchev–Trinajstić information content (AvgIpc) is 2.08. The summed E-state index contributed by atoms with van der Waals surface area (Å²) in [5.74, 6) is -0.898. The minimum atomic E-state index is -0.898. The quantitative estimate of drug-likeness (QED) is 0.495. The highest BCUT2D eigenvalue weighted by molar-refractivity contribution is 5.68. The molecule has 0 spiro atoms. The van der Waals surface area contributed by atoms with Gasteiger partial charge in [0.05, 0.1) is 6.61 Å². The minimum Gasteiger partial charge on any atom is -0.481 e. The standard InChI is InChI=1S/C7H13NO5/c9-4-5-13-7(12)8-3-1-2-6(10)11/h9H,1-5H2,(H,8,12)(H,10,11). The van der Waals surface area contributed by atoms with Gasteiger partial charge in [0.2, 0.25) is 0 Å². The predicted molar refractivity (Wildman–Crippen MR) is 43.3 cm³/mol. The number of carboxylic acids is 1. The molecule has 6 heteroatoms. The van der Waals surface area contributed by atoms with E-state index in [4.69, 9.17) is 10.2 Å². The summed E-state index contributed by atoms with van der Waals surface area (Å²) < 4.78 is 4.45. The van der Waals surface area contributed by atoms with Crippen LogP contribution in [0.25, 0.3) is 0 Å². The van der Waals surface area contributed by atoms with Crippen LogP contribution < -0.4 is 5.32 Å². The van der Waals surface area contributed by atoms with Crippen molar-refractivity contribution in [2.45, 2.75) is 12.8 Å². The number of rotatable bonds is 6. The molecule has 0 fully saturated rings. The number of aliphatic hydroxyl groups excluding tert-OH is 1. The van der Waals surface area contributed by atoms with Crippen LogP contribution in [-0.2, 0) is 9.53 Å². The van der Waals surface area contributed by atoms with Gasteiger partial charge in [0.25, 0.3) is 0 Å². The first-order chi connectivity index (χ1) is 6.16. The van der Waals surface area contributed by atoms with E-state index >= 15 is 0 Å². The van der Waals surface area contributed by atoms with Crippen molar-refractivity contribution in [3.8, 4) is 0 Å². The molecule has 0 unspecified atom stereocenters. The topological polar surface area (TPSA) is 95.9 Å². The van der Waals surface area contributed by atoms with Gasteiger partial charge in [-0.05, 0) is 6.42 Å². The molecule has 0 radical (unpaired) electrons. The van der Waals surface area contributed by atoms with Gasteiger partial charge in [-0.2, -0.15) is 0 Å². The lowest BCUT2D eigenvalue weighted by atomic mass is 10.3. The summed E-state index contributed by atoms with van der Waals surface area (Å²) in [6.45, 7) is -0.0100. The summed E-state index contributed by atoms with van der Waals surface area (Å²) in [4.78, 5) is 20.7. The molecule has 0 bridgehead atoms. The van der Waals surface area contributed by atoms with Crippen molar-refractivity contribution in [3.05, 3.63) is 0 Å². The van der Waals surface area contributed by atoms with Crippen LogP contribution in [0, 0.1) is 0 Å². The first kappa shape index (κ1) is 11.7. The molecule has 0 aromatic heterocycles. The Labute approximate surface area is 75.5 Å². The van der Waals surface area contributed by atoms with Crippen molar-refractivity contribution < 1.29 is 24.5 Å². The van der Waals surface area contributed by atoms with Crippen LogP contribution in [0.1, 0.15) is 12.8 Å². The molecular formula is C7H13NO5. The van der Waals surface area contributed by atoms with Gasteiger partial charge in [0.15, 0.2) is 0 Å². The third kappa shape index (κ3) is 8.61. The Hall–Kier alpha value is -1.30. The van der Waals surface area contributed by atoms with Crippen LogP contribution in [0.2, 0.25) is 0 Å². The molecule has 3 N–H and O–H groups in total. The summed E-state index contributed by atoms with van der Waals surface area (Å²) in [6, 6.07) is 0. The zero-order chi connectivity index (χ0) is 10.1. The van der Waals surface area contributed by atoms with Crippen molar-refractivity contribution in [2.75, 3.05) is 19.8 Å². The fraction of sp³-hybridized carbons (Fsp3) is 0.714. The molecule has 0 aliphatic heterocycles. The van der Waals surface area contributed by atoms with E-state index in [2.05, 4.69) is 10.1 Å². The first-order valence-electron chi connectivity index (χ1n) is 3.90. The Morgan fingerprint density at radius 2 is 2.08 bits per heavy atom. The summed E-state index contributed by atoms with van der Waals surface area (Å²) in [7, 11) is 0. The predicted octanol–water partition coefficient (Wildman–Crippen LogP) is -0.430. The van der Waals surface area contributed by atoms with Gasteiger partial charge >= 0.3 is 12.1 Å². The van der Waals surface area contributed by atoms with Gasteiger partial charge in [-0.15, -0.1) is 0 Å². The smallest absolute Gasteiger partial charge is 0.407 e. The molecule has 6 nitrogen and oxygen atoms in total. The van der Waals surface area contributed by atoms with Crippen LogP contribution in [-0.4, -0.2) is 42.0 Å². The van der Waals surface area contributed by atoms with Gasteiger partial charge in [0, 0.05) is 13.0 Å². The third-order valence-corrected chi connectivity index (χ3v) is 1.16. The maximum atomic E-state index is 10.7. The van der Waals surface area contributed by atoms with E-state index in [-0.39, 0.29) is 26.2 Å². The van der Waals surface area contributed by atoms with E-state index in [1.807, 2.05) is 0 Å². The van der Waals surface area contributed by atoms with E-state index in [1.54, 1.807) is 0 Å². The van der Waals surface area contributed by atoms with Crippen molar-refractivity contribution in [3.63, 3.8) is 0 Å². The molecule has 0 atom stereocenters. The largest absolute Gasteiger partial charge is 0.481 e. The lowest BCUT2D eigenvalue weighted by Crippen LogP contribution is -2.26. The highest BCUT2D eigenvalue weighted by Crippen LogP contribution is 1.86. The Morgan fingerprint density at radius 3 is 2.62 bits per heavy atom. The highest BCUT2D eigenvalue weighted by atomic mass is 16.6. The van der Waals surface area contributed by atoms with Gasteiger partial charge in [0.1, 0.15) is 6.61 Å². The second kappa shape index (κ2) is 7.35. The summed E-state index contributed by atoms with van der Waals surface area (Å²) >= 11 is 0. The Balaban J connectivity index is 3.22. The van der Waals surface area contributed by atoms with E-state index in [9.17, 15) is 9.59 Å². The van der Waals surface area contributed by atoms with Crippen LogP contribution >= 0.6 is 0 Å². The summed E-state index contributed by atoms with van der Waals surface area (Å²) in [5.41, 5.74) is 0. The monoisotopic (exact) mass is 191 g/mol. The molecule has 0 saturated carbocycles. The SMILES string of the molecule is O=C(O)CCCNC(=O)OCCO. The molecule has 0 rings (SSSR count). The zero-order valence-corrected chi connectivity index (χ0v) is 7.15. The molecule has 13 heavy (non-hydrogen) atoms. The number of aliphatic hydroxyl groups is 1. The number of amides is 1. The number of ether oxygens (including phenoxy) is 1. The number of carbonyl (C=O) groups excluding carboxylic acids is 1. The van der Waals surface area contributed by atoms with E-state index < -0.39 is 12.1 Å². The molecule has 0 aromatic rings. The number of carboxylic acid groups (broad SMARTS) is 1. The van der Waals surface area contributed by atoms with Gasteiger partial charge < -0.3 is 20.3 Å².